The Morgan fingerprint density at radius 1 is 1.25 bits per heavy atom. The first kappa shape index (κ1) is 16.3. The van der Waals surface area contributed by atoms with Gasteiger partial charge in [0.25, 0.3) is 5.91 Å². The van der Waals surface area contributed by atoms with Crippen LogP contribution in [-0.4, -0.2) is 27.8 Å². The van der Waals surface area contributed by atoms with Gasteiger partial charge in [-0.25, -0.2) is 4.99 Å². The van der Waals surface area contributed by atoms with E-state index in [-0.39, 0.29) is 11.9 Å². The molecule has 1 aliphatic rings. The van der Waals surface area contributed by atoms with Gasteiger partial charge in [-0.2, -0.15) is 5.26 Å². The Balaban J connectivity index is 1.92. The van der Waals surface area contributed by atoms with Crippen LogP contribution in [0.15, 0.2) is 59.6 Å². The normalized spacial score (nSPS) is 18.6. The number of para-hydroxylation sites is 1. The summed E-state index contributed by atoms with van der Waals surface area (Å²) in [5.74, 6) is 0.788. The van der Waals surface area contributed by atoms with Crippen LogP contribution >= 0.6 is 11.8 Å². The van der Waals surface area contributed by atoms with Crippen LogP contribution < -0.4 is 0 Å². The number of thioether (sulfide) groups is 1. The lowest BCUT2D eigenvalue weighted by atomic mass is 10.1. The lowest BCUT2D eigenvalue weighted by molar-refractivity contribution is 0.0819. The minimum absolute atomic E-state index is 0.0639. The molecule has 2 aromatic carbocycles. The number of hydrogen-bond acceptors (Lipinski definition) is 4. The Morgan fingerprint density at radius 2 is 1.96 bits per heavy atom. The second-order valence-corrected chi connectivity index (χ2v) is 6.45. The van der Waals surface area contributed by atoms with Crippen LogP contribution in [0.25, 0.3) is 0 Å². The van der Waals surface area contributed by atoms with Gasteiger partial charge in [-0.15, -0.1) is 0 Å². The van der Waals surface area contributed by atoms with E-state index in [2.05, 4.69) is 18.0 Å². The third kappa shape index (κ3) is 3.34. The van der Waals surface area contributed by atoms with E-state index >= 15 is 0 Å². The van der Waals surface area contributed by atoms with Gasteiger partial charge in [0.2, 0.25) is 0 Å². The smallest absolute Gasteiger partial charge is 0.260 e. The van der Waals surface area contributed by atoms with Crippen molar-refractivity contribution in [2.75, 3.05) is 5.75 Å². The molecule has 2 aromatic rings. The first-order chi connectivity index (χ1) is 11.7. The minimum atomic E-state index is -0.0639. The summed E-state index contributed by atoms with van der Waals surface area (Å²) in [4.78, 5) is 19.4. The van der Waals surface area contributed by atoms with Crippen molar-refractivity contribution in [1.29, 1.82) is 5.26 Å². The van der Waals surface area contributed by atoms with Gasteiger partial charge in [0.15, 0.2) is 5.17 Å². The fourth-order valence-electron chi connectivity index (χ4n) is 2.55. The minimum Gasteiger partial charge on any atom is -0.283 e. The molecule has 1 atom stereocenters. The highest BCUT2D eigenvalue weighted by Gasteiger charge is 2.34. The maximum absolute atomic E-state index is 13.0. The van der Waals surface area contributed by atoms with Crippen LogP contribution in [-0.2, 0) is 0 Å². The van der Waals surface area contributed by atoms with Crippen LogP contribution in [0, 0.1) is 11.3 Å². The SMILES string of the molecule is CC[C@@H]1CSC(=Nc2ccccc2)N1C(=O)c1ccc(C#N)cc1. The van der Waals surface area contributed by atoms with Gasteiger partial charge in [0.1, 0.15) is 0 Å². The number of nitriles is 1. The molecule has 0 unspecified atom stereocenters. The van der Waals surface area contributed by atoms with Gasteiger partial charge in [0, 0.05) is 17.4 Å². The van der Waals surface area contributed by atoms with E-state index in [0.29, 0.717) is 11.1 Å². The maximum atomic E-state index is 13.0. The van der Waals surface area contributed by atoms with Crippen LogP contribution in [0.4, 0.5) is 5.69 Å². The predicted octanol–water partition coefficient (Wildman–Crippen LogP) is 4.21. The maximum Gasteiger partial charge on any atom is 0.260 e. The van der Waals surface area contributed by atoms with Crippen molar-refractivity contribution < 1.29 is 4.79 Å². The molecule has 0 aliphatic carbocycles. The second kappa shape index (κ2) is 7.33. The highest BCUT2D eigenvalue weighted by atomic mass is 32.2. The number of hydrogen-bond donors (Lipinski definition) is 0. The molecular weight excluding hydrogens is 318 g/mol. The molecule has 1 saturated heterocycles. The topological polar surface area (TPSA) is 56.5 Å². The zero-order chi connectivity index (χ0) is 16.9. The summed E-state index contributed by atoms with van der Waals surface area (Å²) in [7, 11) is 0. The lowest BCUT2D eigenvalue weighted by Crippen LogP contribution is -2.39. The highest BCUT2D eigenvalue weighted by molar-refractivity contribution is 8.14. The van der Waals surface area contributed by atoms with Crippen molar-refractivity contribution in [2.24, 2.45) is 4.99 Å². The molecule has 120 valence electrons. The number of benzene rings is 2. The third-order valence-electron chi connectivity index (χ3n) is 3.91. The number of nitrogens with zero attached hydrogens (tertiary/aromatic N) is 3. The van der Waals surface area contributed by atoms with E-state index in [0.717, 1.165) is 23.0 Å². The molecule has 1 amide bonds. The van der Waals surface area contributed by atoms with Crippen molar-refractivity contribution in [3.8, 4) is 6.07 Å². The number of amides is 1. The average molecular weight is 335 g/mol. The summed E-state index contributed by atoms with van der Waals surface area (Å²) >= 11 is 1.61. The summed E-state index contributed by atoms with van der Waals surface area (Å²) < 4.78 is 0. The van der Waals surface area contributed by atoms with Gasteiger partial charge < -0.3 is 0 Å². The molecule has 0 saturated carbocycles. The molecule has 0 spiro atoms. The van der Waals surface area contributed by atoms with Gasteiger partial charge in [-0.3, -0.25) is 9.69 Å². The molecule has 4 nitrogen and oxygen atoms in total. The van der Waals surface area contributed by atoms with Crippen molar-refractivity contribution >= 4 is 28.5 Å². The predicted molar refractivity (Wildman–Crippen MR) is 97.4 cm³/mol. The average Bonchev–Trinajstić information content (AvgIpc) is 3.04. The fourth-order valence-corrected chi connectivity index (χ4v) is 3.82. The fraction of sp³-hybridized carbons (Fsp3) is 0.211. The largest absolute Gasteiger partial charge is 0.283 e. The lowest BCUT2D eigenvalue weighted by Gasteiger charge is -2.23. The number of amidine groups is 1. The van der Waals surface area contributed by atoms with Crippen molar-refractivity contribution in [3.63, 3.8) is 0 Å². The number of rotatable bonds is 3. The third-order valence-corrected chi connectivity index (χ3v) is 5.01. The van der Waals surface area contributed by atoms with Gasteiger partial charge >= 0.3 is 0 Å². The Morgan fingerprint density at radius 3 is 2.58 bits per heavy atom. The quantitative estimate of drug-likeness (QED) is 0.844. The van der Waals surface area contributed by atoms with Crippen molar-refractivity contribution in [2.45, 2.75) is 19.4 Å². The molecule has 1 fully saturated rings. The van der Waals surface area contributed by atoms with E-state index < -0.39 is 0 Å². The number of carbonyl (C=O) groups excluding carboxylic acids is 1. The van der Waals surface area contributed by atoms with Crippen LogP contribution in [0.2, 0.25) is 0 Å². The van der Waals surface area contributed by atoms with E-state index in [9.17, 15) is 4.79 Å². The molecule has 3 rings (SSSR count). The van der Waals surface area contributed by atoms with Crippen LogP contribution in [0.5, 0.6) is 0 Å². The van der Waals surface area contributed by atoms with Crippen LogP contribution in [0.3, 0.4) is 0 Å². The Bertz CT molecular complexity index is 794. The molecule has 0 N–H and O–H groups in total. The van der Waals surface area contributed by atoms with Crippen molar-refractivity contribution in [1.82, 2.24) is 4.90 Å². The van der Waals surface area contributed by atoms with Gasteiger partial charge in [-0.1, -0.05) is 36.9 Å². The van der Waals surface area contributed by atoms with Gasteiger partial charge in [0.05, 0.1) is 17.3 Å². The summed E-state index contributed by atoms with van der Waals surface area (Å²) in [6.07, 6.45) is 0.878. The van der Waals surface area contributed by atoms with Crippen molar-refractivity contribution in [3.05, 3.63) is 65.7 Å². The van der Waals surface area contributed by atoms with Gasteiger partial charge in [-0.05, 0) is 42.8 Å². The number of carbonyl (C=O) groups is 1. The summed E-state index contributed by atoms with van der Waals surface area (Å²) in [6.45, 7) is 2.08. The first-order valence-corrected chi connectivity index (χ1v) is 8.81. The summed E-state index contributed by atoms with van der Waals surface area (Å²) in [5, 5.41) is 9.64. The molecule has 5 heteroatoms. The molecular formula is C19H17N3OS. The summed E-state index contributed by atoms with van der Waals surface area (Å²) in [5.41, 5.74) is 1.97. The monoisotopic (exact) mass is 335 g/mol. The standard InChI is InChI=1S/C19H17N3OS/c1-2-17-13-24-19(21-16-6-4-3-5-7-16)22(17)18(23)15-10-8-14(12-20)9-11-15/h3-11,17H,2,13H2,1H3/t17-/m1/s1. The summed E-state index contributed by atoms with van der Waals surface area (Å²) in [6, 6.07) is 18.6. The Hall–Kier alpha value is -2.58. The van der Waals surface area contributed by atoms with E-state index in [1.807, 2.05) is 30.3 Å². The molecule has 1 heterocycles. The molecule has 0 radical (unpaired) electrons. The van der Waals surface area contributed by atoms with E-state index in [1.54, 1.807) is 40.9 Å². The first-order valence-electron chi connectivity index (χ1n) is 7.83. The molecule has 1 aliphatic heterocycles. The highest BCUT2D eigenvalue weighted by Crippen LogP contribution is 2.30. The zero-order valence-corrected chi connectivity index (χ0v) is 14.2. The molecule has 24 heavy (non-hydrogen) atoms. The van der Waals surface area contributed by atoms with E-state index in [4.69, 9.17) is 5.26 Å². The Kier molecular flexibility index (Phi) is 4.97. The molecule has 0 bridgehead atoms. The van der Waals surface area contributed by atoms with E-state index in [1.165, 1.54) is 0 Å². The Labute approximate surface area is 145 Å². The van der Waals surface area contributed by atoms with Crippen LogP contribution in [0.1, 0.15) is 29.3 Å². The zero-order valence-electron chi connectivity index (χ0n) is 13.3. The number of aliphatic imine (C=N–C) groups is 1. The molecule has 0 aromatic heterocycles. The second-order valence-electron chi connectivity index (χ2n) is 5.47.